The number of nitrogens with one attached hydrogen (secondary N) is 1. The molecule has 0 spiro atoms. The van der Waals surface area contributed by atoms with Crippen molar-refractivity contribution in [1.82, 2.24) is 14.5 Å². The Morgan fingerprint density at radius 3 is 2.83 bits per heavy atom. The van der Waals surface area contributed by atoms with Crippen LogP contribution in [0, 0.1) is 11.6 Å². The van der Waals surface area contributed by atoms with Crippen molar-refractivity contribution in [3.8, 4) is 0 Å². The van der Waals surface area contributed by atoms with Crippen molar-refractivity contribution in [2.45, 2.75) is 24.9 Å². The molecule has 2 atom stereocenters. The number of hydrogen-bond acceptors (Lipinski definition) is 6. The average molecular weight is 431 g/mol. The lowest BCUT2D eigenvalue weighted by molar-refractivity contribution is -0.130. The highest BCUT2D eigenvalue weighted by atomic mass is 32.2. The Kier molecular flexibility index (Phi) is 6.49. The number of amides is 2. The van der Waals surface area contributed by atoms with E-state index >= 15 is 0 Å². The van der Waals surface area contributed by atoms with Gasteiger partial charge in [0, 0.05) is 39.4 Å². The fourth-order valence-electron chi connectivity index (χ4n) is 3.69. The largest absolute Gasteiger partial charge is 0.385 e. The first kappa shape index (κ1) is 21.6. The summed E-state index contributed by atoms with van der Waals surface area (Å²) in [5, 5.41) is 2.62. The van der Waals surface area contributed by atoms with E-state index in [1.54, 1.807) is 4.90 Å². The molecule has 8 nitrogen and oxygen atoms in total. The molecule has 0 unspecified atom stereocenters. The molecular formula is C18H23F2N3O5S. The molecule has 160 valence electrons. The Hall–Kier alpha value is -2.11. The highest BCUT2D eigenvalue weighted by molar-refractivity contribution is 7.89. The Labute approximate surface area is 167 Å². The van der Waals surface area contributed by atoms with Gasteiger partial charge in [-0.25, -0.2) is 21.5 Å². The molecule has 1 N–H and O–H groups in total. The van der Waals surface area contributed by atoms with Crippen LogP contribution in [0.1, 0.15) is 23.2 Å². The average Bonchev–Trinajstić information content (AvgIpc) is 3.04. The first-order valence-corrected chi connectivity index (χ1v) is 10.9. The zero-order valence-electron chi connectivity index (χ0n) is 15.9. The number of fused-ring (bicyclic) bond motifs is 1. The number of benzene rings is 1. The molecule has 0 aromatic heterocycles. The molecule has 0 bridgehead atoms. The van der Waals surface area contributed by atoms with Crippen molar-refractivity contribution >= 4 is 21.8 Å². The Bertz CT molecular complexity index is 895. The number of ether oxygens (including phenoxy) is 1. The molecule has 2 fully saturated rings. The van der Waals surface area contributed by atoms with Gasteiger partial charge in [0.1, 0.15) is 11.6 Å². The minimum absolute atomic E-state index is 0.0326. The van der Waals surface area contributed by atoms with Crippen molar-refractivity contribution in [2.24, 2.45) is 0 Å². The van der Waals surface area contributed by atoms with E-state index in [0.29, 0.717) is 13.0 Å². The Balaban J connectivity index is 1.70. The first-order valence-electron chi connectivity index (χ1n) is 9.26. The van der Waals surface area contributed by atoms with Gasteiger partial charge in [-0.15, -0.1) is 0 Å². The molecular weight excluding hydrogens is 408 g/mol. The SMILES string of the molecule is COCCCN1C(=O)[C@@H]2C[C@H](NC(=O)c3cc(F)ccc3F)CN2CCS1(=O)=O. The van der Waals surface area contributed by atoms with Crippen LogP contribution in [-0.4, -0.2) is 80.6 Å². The van der Waals surface area contributed by atoms with E-state index in [4.69, 9.17) is 4.74 Å². The number of rotatable bonds is 6. The summed E-state index contributed by atoms with van der Waals surface area (Å²) in [6.07, 6.45) is 0.574. The molecule has 2 aliphatic heterocycles. The van der Waals surface area contributed by atoms with Crippen LogP contribution in [0.4, 0.5) is 8.78 Å². The number of methoxy groups -OCH3 is 1. The van der Waals surface area contributed by atoms with Crippen LogP contribution in [0.5, 0.6) is 0 Å². The van der Waals surface area contributed by atoms with Gasteiger partial charge < -0.3 is 10.1 Å². The van der Waals surface area contributed by atoms with Gasteiger partial charge in [-0.2, -0.15) is 0 Å². The maximum atomic E-state index is 13.8. The molecule has 1 aromatic rings. The molecule has 11 heteroatoms. The quantitative estimate of drug-likeness (QED) is 0.653. The van der Waals surface area contributed by atoms with Crippen LogP contribution in [0.25, 0.3) is 0 Å². The molecule has 3 rings (SSSR count). The van der Waals surface area contributed by atoms with E-state index in [-0.39, 0.29) is 31.8 Å². The van der Waals surface area contributed by atoms with Gasteiger partial charge in [0.05, 0.1) is 17.4 Å². The standard InChI is InChI=1S/C18H23F2N3O5S/c1-28-7-2-5-23-18(25)16-10-13(11-22(16)6-8-29(23,26)27)21-17(24)14-9-12(19)3-4-15(14)20/h3-4,9,13,16H,2,5-8,10-11H2,1H3,(H,21,24)/t13-,16-/m0/s1. The van der Waals surface area contributed by atoms with Crippen molar-refractivity contribution in [2.75, 3.05) is 39.1 Å². The Morgan fingerprint density at radius 2 is 2.10 bits per heavy atom. The second kappa shape index (κ2) is 8.72. The number of carbonyl (C=O) groups is 2. The van der Waals surface area contributed by atoms with Gasteiger partial charge in [-0.05, 0) is 31.0 Å². The number of carbonyl (C=O) groups excluding carboxylic acids is 2. The summed E-state index contributed by atoms with van der Waals surface area (Å²) in [6, 6.07) is 1.42. The summed E-state index contributed by atoms with van der Waals surface area (Å²) in [5.74, 6) is -3.10. The summed E-state index contributed by atoms with van der Waals surface area (Å²) in [5.41, 5.74) is -0.415. The highest BCUT2D eigenvalue weighted by Gasteiger charge is 2.45. The zero-order valence-corrected chi connectivity index (χ0v) is 16.8. The summed E-state index contributed by atoms with van der Waals surface area (Å²) in [7, 11) is -2.23. The minimum Gasteiger partial charge on any atom is -0.385 e. The van der Waals surface area contributed by atoms with E-state index in [9.17, 15) is 26.8 Å². The van der Waals surface area contributed by atoms with Crippen LogP contribution >= 0.6 is 0 Å². The molecule has 2 aliphatic rings. The highest BCUT2D eigenvalue weighted by Crippen LogP contribution is 2.25. The third kappa shape index (κ3) is 4.73. The smallest absolute Gasteiger partial charge is 0.254 e. The van der Waals surface area contributed by atoms with Crippen LogP contribution in [0.3, 0.4) is 0 Å². The first-order chi connectivity index (χ1) is 13.7. The topological polar surface area (TPSA) is 96.0 Å². The fraction of sp³-hybridized carbons (Fsp3) is 0.556. The Morgan fingerprint density at radius 1 is 1.34 bits per heavy atom. The summed E-state index contributed by atoms with van der Waals surface area (Å²) in [6.45, 7) is 0.761. The van der Waals surface area contributed by atoms with E-state index in [1.807, 2.05) is 0 Å². The summed E-state index contributed by atoms with van der Waals surface area (Å²) >= 11 is 0. The van der Waals surface area contributed by atoms with E-state index in [0.717, 1.165) is 22.5 Å². The van der Waals surface area contributed by atoms with E-state index in [1.165, 1.54) is 7.11 Å². The van der Waals surface area contributed by atoms with E-state index < -0.39 is 51.1 Å². The monoisotopic (exact) mass is 431 g/mol. The van der Waals surface area contributed by atoms with Gasteiger partial charge in [0.25, 0.3) is 11.8 Å². The lowest BCUT2D eigenvalue weighted by Gasteiger charge is -2.23. The molecule has 2 saturated heterocycles. The molecule has 0 radical (unpaired) electrons. The maximum absolute atomic E-state index is 13.8. The molecule has 0 saturated carbocycles. The van der Waals surface area contributed by atoms with Crippen molar-refractivity contribution < 1.29 is 31.5 Å². The molecule has 0 aliphatic carbocycles. The van der Waals surface area contributed by atoms with Crippen LogP contribution in [-0.2, 0) is 19.6 Å². The zero-order chi connectivity index (χ0) is 21.2. The molecule has 29 heavy (non-hydrogen) atoms. The van der Waals surface area contributed by atoms with Crippen molar-refractivity contribution in [3.63, 3.8) is 0 Å². The number of nitrogens with zero attached hydrogens (tertiary/aromatic N) is 2. The molecule has 1 aromatic carbocycles. The predicted octanol–water partition coefficient (Wildman–Crippen LogP) is 0.346. The van der Waals surface area contributed by atoms with E-state index in [2.05, 4.69) is 5.32 Å². The number of sulfonamides is 1. The second-order valence-corrected chi connectivity index (χ2v) is 9.13. The second-order valence-electron chi connectivity index (χ2n) is 7.11. The van der Waals surface area contributed by atoms with Crippen LogP contribution < -0.4 is 5.32 Å². The molecule has 2 amide bonds. The third-order valence-electron chi connectivity index (χ3n) is 5.12. The van der Waals surface area contributed by atoms with Gasteiger partial charge in [0.15, 0.2) is 0 Å². The van der Waals surface area contributed by atoms with Crippen molar-refractivity contribution in [1.29, 1.82) is 0 Å². The van der Waals surface area contributed by atoms with Gasteiger partial charge in [-0.1, -0.05) is 0 Å². The normalized spacial score (nSPS) is 24.2. The third-order valence-corrected chi connectivity index (χ3v) is 6.86. The van der Waals surface area contributed by atoms with Gasteiger partial charge in [0.2, 0.25) is 10.0 Å². The predicted molar refractivity (Wildman–Crippen MR) is 99.6 cm³/mol. The fourth-order valence-corrected chi connectivity index (χ4v) is 5.18. The summed E-state index contributed by atoms with van der Waals surface area (Å²) in [4.78, 5) is 26.9. The van der Waals surface area contributed by atoms with Gasteiger partial charge >= 0.3 is 0 Å². The van der Waals surface area contributed by atoms with Crippen LogP contribution in [0.2, 0.25) is 0 Å². The van der Waals surface area contributed by atoms with Crippen LogP contribution in [0.15, 0.2) is 18.2 Å². The minimum atomic E-state index is -3.72. The lowest BCUT2D eigenvalue weighted by Crippen LogP contribution is -2.44. The summed E-state index contributed by atoms with van der Waals surface area (Å²) < 4.78 is 57.9. The number of hydrogen-bond donors (Lipinski definition) is 1. The maximum Gasteiger partial charge on any atom is 0.254 e. The lowest BCUT2D eigenvalue weighted by atomic mass is 10.1. The molecule has 2 heterocycles. The van der Waals surface area contributed by atoms with Crippen molar-refractivity contribution in [3.05, 3.63) is 35.4 Å². The number of halogens is 2. The van der Waals surface area contributed by atoms with Gasteiger partial charge in [-0.3, -0.25) is 14.5 Å².